The van der Waals surface area contributed by atoms with Crippen molar-refractivity contribution in [3.63, 3.8) is 0 Å². The molecular weight excluding hydrogens is 535 g/mol. The van der Waals surface area contributed by atoms with Crippen LogP contribution in [-0.2, 0) is 17.7 Å². The minimum absolute atomic E-state index is 0. The largest absolute Gasteiger partial charge is 0.450 e. The van der Waals surface area contributed by atoms with Gasteiger partial charge in [-0.3, -0.25) is 0 Å². The molecule has 0 spiro atoms. The van der Waals surface area contributed by atoms with Crippen molar-refractivity contribution in [2.45, 2.75) is 59.0 Å². The third-order valence-electron chi connectivity index (χ3n) is 5.24. The molecule has 0 unspecified atom stereocenters. The number of benzene rings is 1. The highest BCUT2D eigenvalue weighted by atomic mass is 127. The summed E-state index contributed by atoms with van der Waals surface area (Å²) in [6.07, 6.45) is 3.28. The number of piperidine rings is 1. The molecule has 0 saturated carbocycles. The molecule has 2 N–H and O–H groups in total. The van der Waals surface area contributed by atoms with Gasteiger partial charge in [-0.25, -0.2) is 9.79 Å². The number of hydrogen-bond acceptors (Lipinski definition) is 6. The van der Waals surface area contributed by atoms with Crippen LogP contribution in [0.2, 0.25) is 0 Å². The van der Waals surface area contributed by atoms with Gasteiger partial charge in [-0.05, 0) is 50.8 Å². The molecule has 182 valence electrons. The Labute approximate surface area is 212 Å². The highest BCUT2D eigenvalue weighted by molar-refractivity contribution is 14.0. The predicted octanol–water partition coefficient (Wildman–Crippen LogP) is 3.98. The number of carbonyl (C=O) groups excluding carboxylic acids is 1. The summed E-state index contributed by atoms with van der Waals surface area (Å²) in [7, 11) is 0. The van der Waals surface area contributed by atoms with E-state index in [9.17, 15) is 4.79 Å². The zero-order valence-electron chi connectivity index (χ0n) is 19.7. The first kappa shape index (κ1) is 26.9. The van der Waals surface area contributed by atoms with Gasteiger partial charge in [0.05, 0.1) is 13.2 Å². The number of nitrogens with zero attached hydrogens (tertiary/aromatic N) is 4. The third-order valence-corrected chi connectivity index (χ3v) is 5.24. The van der Waals surface area contributed by atoms with Crippen molar-refractivity contribution in [2.24, 2.45) is 4.99 Å². The first-order valence-electron chi connectivity index (χ1n) is 11.5. The maximum Gasteiger partial charge on any atom is 0.409 e. The Bertz CT molecular complexity index is 896. The maximum atomic E-state index is 11.9. The van der Waals surface area contributed by atoms with E-state index in [2.05, 4.69) is 27.7 Å². The van der Waals surface area contributed by atoms with E-state index in [0.717, 1.165) is 55.1 Å². The van der Waals surface area contributed by atoms with Gasteiger partial charge in [-0.15, -0.1) is 24.0 Å². The van der Waals surface area contributed by atoms with E-state index in [1.165, 1.54) is 0 Å². The normalized spacial score (nSPS) is 14.5. The highest BCUT2D eigenvalue weighted by Gasteiger charge is 2.24. The number of ether oxygens (including phenoxy) is 1. The molecule has 1 fully saturated rings. The van der Waals surface area contributed by atoms with Gasteiger partial charge in [0.2, 0.25) is 0 Å². The van der Waals surface area contributed by atoms with Gasteiger partial charge in [-0.1, -0.05) is 24.2 Å². The number of aromatic nitrogens is 2. The van der Waals surface area contributed by atoms with Gasteiger partial charge >= 0.3 is 6.09 Å². The lowest BCUT2D eigenvalue weighted by atomic mass is 10.1. The van der Waals surface area contributed by atoms with Crippen LogP contribution in [0.15, 0.2) is 33.8 Å². The summed E-state index contributed by atoms with van der Waals surface area (Å²) in [6, 6.07) is 8.29. The molecule has 1 aromatic carbocycles. The van der Waals surface area contributed by atoms with Gasteiger partial charge in [-0.2, -0.15) is 4.98 Å². The Kier molecular flexibility index (Phi) is 11.4. The molecule has 1 aliphatic rings. The number of aliphatic imine (C=N–C) groups is 1. The Hall–Kier alpha value is -2.37. The lowest BCUT2D eigenvalue weighted by Crippen LogP contribution is -2.49. The fraction of sp³-hybridized carbons (Fsp3) is 0.565. The lowest BCUT2D eigenvalue weighted by molar-refractivity contribution is 0.0963. The number of guanidine groups is 1. The number of aryl methyl sites for hydroxylation is 1. The molecule has 9 nitrogen and oxygen atoms in total. The van der Waals surface area contributed by atoms with Crippen LogP contribution in [0.3, 0.4) is 0 Å². The van der Waals surface area contributed by atoms with E-state index < -0.39 is 0 Å². The average Bonchev–Trinajstić information content (AvgIpc) is 3.27. The van der Waals surface area contributed by atoms with Crippen LogP contribution in [0.25, 0.3) is 11.5 Å². The summed E-state index contributed by atoms with van der Waals surface area (Å²) in [5.74, 6) is 2.05. The standard InChI is InChI=1S/C23H34N6O3.HI/c1-4-8-20-27-21(32-28-20)18-10-7-9-17(15-18)16-25-22(24-5-2)26-19-11-13-29(14-12-19)23(30)31-6-3;/h7,9-10,15,19H,4-6,8,11-14,16H2,1-3H3,(H2,24,25,26);1H. The molecule has 33 heavy (non-hydrogen) atoms. The van der Waals surface area contributed by atoms with Gasteiger partial charge in [0, 0.05) is 37.7 Å². The molecule has 1 aliphatic heterocycles. The van der Waals surface area contributed by atoms with E-state index in [1.807, 2.05) is 38.1 Å². The molecule has 0 aliphatic carbocycles. The number of rotatable bonds is 8. The molecule has 1 amide bonds. The minimum Gasteiger partial charge on any atom is -0.450 e. The Balaban J connectivity index is 0.00000385. The second kappa shape index (κ2) is 14.0. The predicted molar refractivity (Wildman–Crippen MR) is 139 cm³/mol. The third kappa shape index (κ3) is 8.17. The molecule has 2 heterocycles. The smallest absolute Gasteiger partial charge is 0.409 e. The van der Waals surface area contributed by atoms with Crippen molar-refractivity contribution >= 4 is 36.0 Å². The summed E-state index contributed by atoms with van der Waals surface area (Å²) in [4.78, 5) is 22.9. The average molecular weight is 570 g/mol. The number of nitrogens with one attached hydrogen (secondary N) is 2. The molecule has 3 rings (SSSR count). The van der Waals surface area contributed by atoms with E-state index >= 15 is 0 Å². The summed E-state index contributed by atoms with van der Waals surface area (Å²) in [5.41, 5.74) is 1.96. The minimum atomic E-state index is -0.227. The first-order valence-corrected chi connectivity index (χ1v) is 11.5. The zero-order chi connectivity index (χ0) is 22.8. The van der Waals surface area contributed by atoms with E-state index in [1.54, 1.807) is 4.90 Å². The number of hydrogen-bond donors (Lipinski definition) is 2. The van der Waals surface area contributed by atoms with Gasteiger partial charge in [0.15, 0.2) is 11.8 Å². The van der Waals surface area contributed by atoms with E-state index in [4.69, 9.17) is 14.3 Å². The van der Waals surface area contributed by atoms with Crippen LogP contribution >= 0.6 is 24.0 Å². The molecule has 10 heteroatoms. The van der Waals surface area contributed by atoms with E-state index in [0.29, 0.717) is 32.1 Å². The Morgan fingerprint density at radius 2 is 2.06 bits per heavy atom. The monoisotopic (exact) mass is 570 g/mol. The topological polar surface area (TPSA) is 105 Å². The fourth-order valence-corrected chi connectivity index (χ4v) is 3.60. The molecule has 0 atom stereocenters. The van der Waals surface area contributed by atoms with Crippen molar-refractivity contribution in [3.05, 3.63) is 35.7 Å². The van der Waals surface area contributed by atoms with Crippen molar-refractivity contribution in [1.82, 2.24) is 25.7 Å². The van der Waals surface area contributed by atoms with Crippen LogP contribution in [0.5, 0.6) is 0 Å². The fourth-order valence-electron chi connectivity index (χ4n) is 3.60. The van der Waals surface area contributed by atoms with Gasteiger partial charge in [0.1, 0.15) is 0 Å². The summed E-state index contributed by atoms with van der Waals surface area (Å²) < 4.78 is 10.5. The maximum absolute atomic E-state index is 11.9. The Morgan fingerprint density at radius 1 is 1.27 bits per heavy atom. The quantitative estimate of drug-likeness (QED) is 0.281. The summed E-state index contributed by atoms with van der Waals surface area (Å²) in [5, 5.41) is 10.8. The second-order valence-electron chi connectivity index (χ2n) is 7.77. The number of likely N-dealkylation sites (tertiary alicyclic amines) is 1. The molecular formula is C23H35IN6O3. The van der Waals surface area contributed by atoms with Crippen molar-refractivity contribution in [2.75, 3.05) is 26.2 Å². The lowest BCUT2D eigenvalue weighted by Gasteiger charge is -2.32. The summed E-state index contributed by atoms with van der Waals surface area (Å²) >= 11 is 0. The van der Waals surface area contributed by atoms with Gasteiger partial charge in [0.25, 0.3) is 5.89 Å². The number of amides is 1. The van der Waals surface area contributed by atoms with Crippen molar-refractivity contribution < 1.29 is 14.1 Å². The first-order chi connectivity index (χ1) is 15.6. The van der Waals surface area contributed by atoms with Crippen LogP contribution in [-0.4, -0.2) is 59.4 Å². The highest BCUT2D eigenvalue weighted by Crippen LogP contribution is 2.19. The van der Waals surface area contributed by atoms with Crippen LogP contribution in [0, 0.1) is 0 Å². The Morgan fingerprint density at radius 3 is 2.76 bits per heavy atom. The van der Waals surface area contributed by atoms with Crippen LogP contribution < -0.4 is 10.6 Å². The number of halogens is 1. The van der Waals surface area contributed by atoms with Gasteiger partial charge < -0.3 is 24.8 Å². The molecule has 1 aromatic heterocycles. The van der Waals surface area contributed by atoms with Crippen molar-refractivity contribution in [1.29, 1.82) is 0 Å². The second-order valence-corrected chi connectivity index (χ2v) is 7.77. The van der Waals surface area contributed by atoms with Crippen LogP contribution in [0.1, 0.15) is 51.4 Å². The SMILES string of the molecule is CCCc1noc(-c2cccc(CN=C(NCC)NC3CCN(C(=O)OCC)CC3)c2)n1.I. The number of carbonyl (C=O) groups is 1. The molecule has 1 saturated heterocycles. The van der Waals surface area contributed by atoms with E-state index in [-0.39, 0.29) is 36.1 Å². The van der Waals surface area contributed by atoms with Crippen molar-refractivity contribution in [3.8, 4) is 11.5 Å². The molecule has 2 aromatic rings. The zero-order valence-corrected chi connectivity index (χ0v) is 22.0. The van der Waals surface area contributed by atoms with Crippen LogP contribution in [0.4, 0.5) is 4.79 Å². The molecule has 0 radical (unpaired) electrons. The molecule has 0 bridgehead atoms. The summed E-state index contributed by atoms with van der Waals surface area (Å²) in [6.45, 7) is 9.04.